The Hall–Kier alpha value is -1.92. The molecule has 25 heavy (non-hydrogen) atoms. The second-order valence-electron chi connectivity index (χ2n) is 6.41. The van der Waals surface area contributed by atoms with E-state index >= 15 is 0 Å². The number of hydrogen-bond acceptors (Lipinski definition) is 5. The highest BCUT2D eigenvalue weighted by atomic mass is 16.5. The molecule has 2 amide bonds. The maximum atomic E-state index is 11.5. The minimum Gasteiger partial charge on any atom is -0.494 e. The number of likely N-dealkylation sites (tertiary alicyclic amines) is 1. The maximum Gasteiger partial charge on any atom is 0.254 e. The van der Waals surface area contributed by atoms with Crippen LogP contribution in [0, 0.1) is 0 Å². The Morgan fingerprint density at radius 1 is 1.24 bits per heavy atom. The van der Waals surface area contributed by atoms with Crippen LogP contribution in [-0.4, -0.2) is 59.6 Å². The molecular formula is C19H28N2O4. The lowest BCUT2D eigenvalue weighted by Crippen LogP contribution is -2.38. The van der Waals surface area contributed by atoms with Gasteiger partial charge in [0.05, 0.1) is 6.61 Å². The average Bonchev–Trinajstić information content (AvgIpc) is 2.62. The highest BCUT2D eigenvalue weighted by Gasteiger charge is 2.16. The van der Waals surface area contributed by atoms with Crippen molar-refractivity contribution in [1.29, 1.82) is 0 Å². The van der Waals surface area contributed by atoms with Crippen molar-refractivity contribution in [3.8, 4) is 5.75 Å². The number of hydrogen-bond donors (Lipinski definition) is 1. The lowest BCUT2D eigenvalue weighted by Gasteiger charge is -2.26. The summed E-state index contributed by atoms with van der Waals surface area (Å²) in [5.41, 5.74) is 1.24. The van der Waals surface area contributed by atoms with E-state index in [9.17, 15) is 9.59 Å². The Morgan fingerprint density at radius 2 is 2.00 bits per heavy atom. The lowest BCUT2D eigenvalue weighted by molar-refractivity contribution is -0.145. The zero-order valence-electron chi connectivity index (χ0n) is 14.9. The van der Waals surface area contributed by atoms with Crippen LogP contribution in [0.25, 0.3) is 0 Å². The van der Waals surface area contributed by atoms with Gasteiger partial charge in [-0.15, -0.1) is 0 Å². The summed E-state index contributed by atoms with van der Waals surface area (Å²) in [6.07, 6.45) is 4.40. The van der Waals surface area contributed by atoms with Gasteiger partial charge in [0.2, 0.25) is 5.91 Å². The molecule has 1 aliphatic heterocycles. The Balaban J connectivity index is 1.77. The molecule has 0 aliphatic carbocycles. The van der Waals surface area contributed by atoms with E-state index in [1.807, 2.05) is 12.1 Å². The predicted molar refractivity (Wildman–Crippen MR) is 95.2 cm³/mol. The zero-order valence-corrected chi connectivity index (χ0v) is 14.9. The fraction of sp³-hybridized carbons (Fsp3) is 0.579. The molecule has 1 aromatic carbocycles. The third kappa shape index (κ3) is 6.48. The SMILES string of the molecule is CC(=O)N(CCCOc1cccc(CN2CCCCC2)c1)C(=O)CO. The van der Waals surface area contributed by atoms with Gasteiger partial charge in [-0.2, -0.15) is 0 Å². The van der Waals surface area contributed by atoms with Crippen LogP contribution in [0.15, 0.2) is 24.3 Å². The first-order chi connectivity index (χ1) is 12.1. The molecule has 1 fully saturated rings. The second kappa shape index (κ2) is 10.2. The minimum atomic E-state index is -0.654. The molecular weight excluding hydrogens is 320 g/mol. The van der Waals surface area contributed by atoms with Crippen LogP contribution in [0.3, 0.4) is 0 Å². The summed E-state index contributed by atoms with van der Waals surface area (Å²) in [6.45, 7) is 4.59. The van der Waals surface area contributed by atoms with Crippen molar-refractivity contribution >= 4 is 11.8 Å². The molecule has 1 aliphatic rings. The van der Waals surface area contributed by atoms with Gasteiger partial charge in [-0.25, -0.2) is 0 Å². The van der Waals surface area contributed by atoms with Crippen LogP contribution in [0.1, 0.15) is 38.2 Å². The van der Waals surface area contributed by atoms with Gasteiger partial charge < -0.3 is 9.84 Å². The number of amides is 2. The molecule has 0 aromatic heterocycles. The van der Waals surface area contributed by atoms with Crippen LogP contribution >= 0.6 is 0 Å². The first kappa shape index (κ1) is 19.4. The highest BCUT2D eigenvalue weighted by Crippen LogP contribution is 2.17. The molecule has 0 spiro atoms. The number of aliphatic hydroxyl groups excluding tert-OH is 1. The summed E-state index contributed by atoms with van der Waals surface area (Å²) in [6, 6.07) is 8.07. The van der Waals surface area contributed by atoms with Crippen molar-refractivity contribution in [2.75, 3.05) is 32.8 Å². The lowest BCUT2D eigenvalue weighted by atomic mass is 10.1. The van der Waals surface area contributed by atoms with Gasteiger partial charge >= 0.3 is 0 Å². The first-order valence-electron chi connectivity index (χ1n) is 8.96. The summed E-state index contributed by atoms with van der Waals surface area (Å²) in [5.74, 6) is -0.129. The van der Waals surface area contributed by atoms with Crippen molar-refractivity contribution in [3.05, 3.63) is 29.8 Å². The molecule has 2 rings (SSSR count). The minimum absolute atomic E-state index is 0.252. The molecule has 0 radical (unpaired) electrons. The largest absolute Gasteiger partial charge is 0.494 e. The topological polar surface area (TPSA) is 70.1 Å². The van der Waals surface area contributed by atoms with Crippen molar-refractivity contribution in [2.24, 2.45) is 0 Å². The van der Waals surface area contributed by atoms with E-state index < -0.39 is 12.5 Å². The molecule has 0 bridgehead atoms. The van der Waals surface area contributed by atoms with E-state index in [1.54, 1.807) is 0 Å². The number of imide groups is 1. The molecule has 0 unspecified atom stereocenters. The van der Waals surface area contributed by atoms with Gasteiger partial charge in [-0.3, -0.25) is 19.4 Å². The van der Waals surface area contributed by atoms with Crippen molar-refractivity contribution in [1.82, 2.24) is 9.80 Å². The van der Waals surface area contributed by atoms with E-state index in [1.165, 1.54) is 31.7 Å². The van der Waals surface area contributed by atoms with E-state index in [4.69, 9.17) is 9.84 Å². The molecule has 6 nitrogen and oxygen atoms in total. The fourth-order valence-corrected chi connectivity index (χ4v) is 3.07. The van der Waals surface area contributed by atoms with Crippen molar-refractivity contribution in [2.45, 2.75) is 39.2 Å². The number of nitrogens with zero attached hydrogens (tertiary/aromatic N) is 2. The number of carbonyl (C=O) groups excluding carboxylic acids is 2. The fourth-order valence-electron chi connectivity index (χ4n) is 3.07. The number of ether oxygens (including phenoxy) is 1. The normalized spacial score (nSPS) is 15.0. The van der Waals surface area contributed by atoms with E-state index in [0.29, 0.717) is 13.0 Å². The molecule has 1 saturated heterocycles. The van der Waals surface area contributed by atoms with E-state index in [0.717, 1.165) is 30.3 Å². The molecule has 6 heteroatoms. The number of rotatable bonds is 8. The van der Waals surface area contributed by atoms with Gasteiger partial charge in [0.15, 0.2) is 0 Å². The zero-order chi connectivity index (χ0) is 18.1. The molecule has 1 aromatic rings. The van der Waals surface area contributed by atoms with Crippen LogP contribution in [-0.2, 0) is 16.1 Å². The first-order valence-corrected chi connectivity index (χ1v) is 8.96. The van der Waals surface area contributed by atoms with E-state index in [-0.39, 0.29) is 12.5 Å². The van der Waals surface area contributed by atoms with Crippen LogP contribution < -0.4 is 4.74 Å². The van der Waals surface area contributed by atoms with Gasteiger partial charge in [-0.1, -0.05) is 18.6 Å². The number of benzene rings is 1. The average molecular weight is 348 g/mol. The van der Waals surface area contributed by atoms with Crippen molar-refractivity contribution < 1.29 is 19.4 Å². The third-order valence-electron chi connectivity index (χ3n) is 4.36. The third-order valence-corrected chi connectivity index (χ3v) is 4.36. The van der Waals surface area contributed by atoms with Gasteiger partial charge in [0.1, 0.15) is 12.4 Å². The quantitative estimate of drug-likeness (QED) is 0.726. The Kier molecular flexibility index (Phi) is 7.88. The summed E-state index contributed by atoms with van der Waals surface area (Å²) in [5, 5.41) is 8.88. The molecule has 1 N–H and O–H groups in total. The van der Waals surface area contributed by atoms with Crippen LogP contribution in [0.5, 0.6) is 5.75 Å². The monoisotopic (exact) mass is 348 g/mol. The number of aliphatic hydroxyl groups is 1. The number of carbonyl (C=O) groups is 2. The second-order valence-corrected chi connectivity index (χ2v) is 6.41. The van der Waals surface area contributed by atoms with Gasteiger partial charge in [-0.05, 0) is 50.0 Å². The van der Waals surface area contributed by atoms with E-state index in [2.05, 4.69) is 17.0 Å². The Morgan fingerprint density at radius 3 is 2.68 bits per heavy atom. The molecule has 138 valence electrons. The van der Waals surface area contributed by atoms with Gasteiger partial charge in [0, 0.05) is 20.0 Å². The summed E-state index contributed by atoms with van der Waals surface area (Å²) < 4.78 is 5.75. The summed E-state index contributed by atoms with van der Waals surface area (Å²) >= 11 is 0. The standard InChI is InChI=1S/C19H28N2O4/c1-16(23)21(19(24)15-22)11-6-12-25-18-8-5-7-17(13-18)14-20-9-3-2-4-10-20/h5,7-8,13,22H,2-4,6,9-12,14-15H2,1H3. The maximum absolute atomic E-state index is 11.5. The molecule has 0 atom stereocenters. The predicted octanol–water partition coefficient (Wildman–Crippen LogP) is 1.81. The summed E-state index contributed by atoms with van der Waals surface area (Å²) in [7, 11) is 0. The van der Waals surface area contributed by atoms with Crippen LogP contribution in [0.4, 0.5) is 0 Å². The Labute approximate surface area is 149 Å². The van der Waals surface area contributed by atoms with Crippen LogP contribution in [0.2, 0.25) is 0 Å². The molecule has 1 heterocycles. The Bertz CT molecular complexity index is 570. The highest BCUT2D eigenvalue weighted by molar-refractivity contribution is 5.94. The van der Waals surface area contributed by atoms with Crippen molar-refractivity contribution in [3.63, 3.8) is 0 Å². The smallest absolute Gasteiger partial charge is 0.254 e. The summed E-state index contributed by atoms with van der Waals surface area (Å²) in [4.78, 5) is 26.4. The number of piperidine rings is 1. The van der Waals surface area contributed by atoms with Gasteiger partial charge in [0.25, 0.3) is 5.91 Å². The molecule has 0 saturated carbocycles.